The molecule has 1 fully saturated rings. The lowest BCUT2D eigenvalue weighted by molar-refractivity contribution is -0.0947. The molecule has 1 aliphatic rings. The van der Waals surface area contributed by atoms with Crippen LogP contribution in [0.2, 0.25) is 0 Å². The number of anilines is 1. The van der Waals surface area contributed by atoms with Crippen LogP contribution in [0.1, 0.15) is 13.2 Å². The normalized spacial score (nSPS) is 28.7. The minimum Gasteiger partial charge on any atom is -0.387 e. The molecule has 5 N–H and O–H groups in total. The molecule has 0 radical (unpaired) electrons. The van der Waals surface area contributed by atoms with Crippen molar-refractivity contribution in [2.45, 2.75) is 31.0 Å². The fourth-order valence-electron chi connectivity index (χ4n) is 2.82. The maximum Gasteiger partial charge on any atom is 0.280 e. The summed E-state index contributed by atoms with van der Waals surface area (Å²) in [5.74, 6) is 0.773. The topological polar surface area (TPSA) is 158 Å². The molecule has 0 bridgehead atoms. The lowest BCUT2D eigenvalue weighted by Gasteiger charge is -2.27. The van der Waals surface area contributed by atoms with E-state index in [0.29, 0.717) is 6.61 Å². The number of aromatic nitrogens is 4. The second-order valence-corrected chi connectivity index (χ2v) is 7.94. The number of nitrogens with two attached hydrogens (primary N) is 1. The van der Waals surface area contributed by atoms with Gasteiger partial charge in [-0.2, -0.15) is 16.7 Å². The molecular weight excluding hydrogens is 397 g/mol. The highest BCUT2D eigenvalue weighted by Gasteiger charge is 2.53. The van der Waals surface area contributed by atoms with Crippen LogP contribution in [0.5, 0.6) is 0 Å². The van der Waals surface area contributed by atoms with Gasteiger partial charge in [0.2, 0.25) is 5.95 Å². The average molecular weight is 419 g/mol. The van der Waals surface area contributed by atoms with E-state index in [-0.39, 0.29) is 32.8 Å². The second kappa shape index (κ2) is 8.39. The number of aliphatic hydroxyl groups excluding tert-OH is 1. The number of hydrogen-bond acceptors (Lipinski definition) is 10. The largest absolute Gasteiger partial charge is 0.387 e. The number of aliphatic hydroxyl groups is 2. The Morgan fingerprint density at radius 2 is 2.33 bits per heavy atom. The van der Waals surface area contributed by atoms with Crippen LogP contribution < -0.4 is 11.3 Å². The van der Waals surface area contributed by atoms with Gasteiger partial charge in [0.15, 0.2) is 26.4 Å². The molecule has 0 saturated carbocycles. The van der Waals surface area contributed by atoms with Gasteiger partial charge in [0.25, 0.3) is 5.56 Å². The predicted molar refractivity (Wildman–Crippen MR) is 102 cm³/mol. The van der Waals surface area contributed by atoms with Crippen molar-refractivity contribution in [2.24, 2.45) is 0 Å². The Kier molecular flexibility index (Phi) is 6.36. The van der Waals surface area contributed by atoms with E-state index in [2.05, 4.69) is 15.0 Å². The van der Waals surface area contributed by atoms with Crippen LogP contribution in [0.15, 0.2) is 11.1 Å². The maximum absolute atomic E-state index is 11.9. The molecular formula is C14H22N5O6PS. The molecule has 11 nitrogen and oxygen atoms in total. The fourth-order valence-corrected chi connectivity index (χ4v) is 3.72. The molecule has 0 aromatic carbocycles. The number of aromatic amines is 1. The van der Waals surface area contributed by atoms with Crippen molar-refractivity contribution in [3.8, 4) is 0 Å². The molecule has 0 aliphatic carbocycles. The summed E-state index contributed by atoms with van der Waals surface area (Å²) in [5.41, 5.74) is 3.64. The van der Waals surface area contributed by atoms with Crippen molar-refractivity contribution < 1.29 is 24.0 Å². The zero-order valence-electron chi connectivity index (χ0n) is 14.8. The van der Waals surface area contributed by atoms with E-state index in [4.69, 9.17) is 19.5 Å². The van der Waals surface area contributed by atoms with Crippen LogP contribution in [0, 0.1) is 0 Å². The summed E-state index contributed by atoms with van der Waals surface area (Å²) in [6.45, 7) is 2.03. The van der Waals surface area contributed by atoms with Crippen molar-refractivity contribution in [1.29, 1.82) is 0 Å². The molecule has 0 spiro atoms. The van der Waals surface area contributed by atoms with Crippen molar-refractivity contribution in [1.82, 2.24) is 19.5 Å². The molecule has 13 heteroatoms. The van der Waals surface area contributed by atoms with E-state index in [1.54, 1.807) is 11.8 Å². The number of rotatable bonds is 8. The monoisotopic (exact) mass is 419 g/mol. The van der Waals surface area contributed by atoms with Crippen LogP contribution in [-0.4, -0.2) is 72.8 Å². The summed E-state index contributed by atoms with van der Waals surface area (Å²) in [5, 5.41) is 21.2. The summed E-state index contributed by atoms with van der Waals surface area (Å²) in [4.78, 5) is 22.3. The summed E-state index contributed by atoms with van der Waals surface area (Å²) < 4.78 is 17.9. The van der Waals surface area contributed by atoms with Gasteiger partial charge in [-0.25, -0.2) is 4.98 Å². The summed E-state index contributed by atoms with van der Waals surface area (Å²) in [7, 11) is -0.193. The molecule has 150 valence electrons. The van der Waals surface area contributed by atoms with Crippen LogP contribution in [0.3, 0.4) is 0 Å². The molecule has 1 aliphatic heterocycles. The Hall–Kier alpha value is -1.27. The third kappa shape index (κ3) is 4.11. The third-order valence-corrected chi connectivity index (χ3v) is 5.39. The second-order valence-electron chi connectivity index (χ2n) is 6.21. The highest BCUT2D eigenvalue weighted by molar-refractivity contribution is 7.98. The van der Waals surface area contributed by atoms with Crippen LogP contribution >= 0.6 is 20.8 Å². The van der Waals surface area contributed by atoms with Crippen LogP contribution in [0.25, 0.3) is 11.2 Å². The average Bonchev–Trinajstić information content (AvgIpc) is 3.11. The zero-order chi connectivity index (χ0) is 19.6. The highest BCUT2D eigenvalue weighted by atomic mass is 32.2. The van der Waals surface area contributed by atoms with Gasteiger partial charge in [-0.15, -0.1) is 0 Å². The quantitative estimate of drug-likeness (QED) is 0.328. The van der Waals surface area contributed by atoms with E-state index in [0.717, 1.165) is 5.75 Å². The first-order valence-electron chi connectivity index (χ1n) is 8.12. The SMILES string of the molecule is CSCCOPOCC1OC(n2cnc3c(=O)[nH]c(N)nc32)C(C)(O)[C@H]1O. The first kappa shape index (κ1) is 20.5. The Morgan fingerprint density at radius 1 is 1.56 bits per heavy atom. The molecule has 4 unspecified atom stereocenters. The molecule has 0 amide bonds. The Morgan fingerprint density at radius 3 is 3.07 bits per heavy atom. The molecule has 2 aromatic rings. The summed E-state index contributed by atoms with van der Waals surface area (Å²) in [6, 6.07) is 0. The fraction of sp³-hybridized carbons (Fsp3) is 0.643. The first-order valence-corrected chi connectivity index (χ1v) is 10.3. The number of nitrogens with one attached hydrogen (secondary N) is 1. The van der Waals surface area contributed by atoms with Crippen LogP contribution in [-0.2, 0) is 13.8 Å². The summed E-state index contributed by atoms with van der Waals surface area (Å²) >= 11 is 1.66. The first-order chi connectivity index (χ1) is 12.9. The number of thioether (sulfide) groups is 1. The van der Waals surface area contributed by atoms with Gasteiger partial charge in [0, 0.05) is 5.75 Å². The predicted octanol–water partition coefficient (Wildman–Crippen LogP) is -0.384. The van der Waals surface area contributed by atoms with Gasteiger partial charge in [-0.3, -0.25) is 14.3 Å². The van der Waals surface area contributed by atoms with E-state index < -0.39 is 29.6 Å². The van der Waals surface area contributed by atoms with Crippen molar-refractivity contribution in [3.63, 3.8) is 0 Å². The molecule has 3 rings (SSSR count). The van der Waals surface area contributed by atoms with Gasteiger partial charge in [-0.05, 0) is 13.2 Å². The number of hydrogen-bond donors (Lipinski definition) is 4. The van der Waals surface area contributed by atoms with Gasteiger partial charge < -0.3 is 29.7 Å². The molecule has 3 heterocycles. The van der Waals surface area contributed by atoms with Crippen molar-refractivity contribution in [3.05, 3.63) is 16.7 Å². The molecule has 1 saturated heterocycles. The van der Waals surface area contributed by atoms with Crippen molar-refractivity contribution >= 4 is 37.9 Å². The van der Waals surface area contributed by atoms with Gasteiger partial charge in [0.05, 0.1) is 19.5 Å². The molecule has 2 aromatic heterocycles. The highest BCUT2D eigenvalue weighted by Crippen LogP contribution is 2.39. The lowest BCUT2D eigenvalue weighted by Crippen LogP contribution is -2.44. The Balaban J connectivity index is 1.74. The number of nitrogen functional groups attached to an aromatic ring is 1. The zero-order valence-corrected chi connectivity index (χ0v) is 16.6. The smallest absolute Gasteiger partial charge is 0.280 e. The van der Waals surface area contributed by atoms with Gasteiger partial charge >= 0.3 is 0 Å². The van der Waals surface area contributed by atoms with Crippen molar-refractivity contribution in [2.75, 3.05) is 31.0 Å². The van der Waals surface area contributed by atoms with Crippen LogP contribution in [0.4, 0.5) is 5.95 Å². The Labute approximate surface area is 160 Å². The number of imidazole rings is 1. The van der Waals surface area contributed by atoms with E-state index in [9.17, 15) is 15.0 Å². The lowest BCUT2D eigenvalue weighted by atomic mass is 9.96. The Bertz CT molecular complexity index is 845. The number of fused-ring (bicyclic) bond motifs is 1. The van der Waals surface area contributed by atoms with E-state index in [1.165, 1.54) is 17.8 Å². The van der Waals surface area contributed by atoms with E-state index in [1.807, 2.05) is 6.26 Å². The standard InChI is InChI=1S/C14H22N5O6PS/c1-14(22)9(20)7(5-24-26-23-3-4-27-2)25-12(14)19-6-16-8-10(19)17-13(15)18-11(8)21/h6-7,9,12,20,22,26H,3-5H2,1-2H3,(H3,15,17,18,21)/t7?,9-,12?,14?/m0/s1. The minimum atomic E-state index is -1.66. The number of nitrogens with zero attached hydrogens (tertiary/aromatic N) is 3. The maximum atomic E-state index is 11.9. The summed E-state index contributed by atoms with van der Waals surface area (Å²) in [6.07, 6.45) is 0.248. The number of H-pyrrole nitrogens is 1. The number of ether oxygens (including phenoxy) is 1. The third-order valence-electron chi connectivity index (χ3n) is 4.21. The molecule has 27 heavy (non-hydrogen) atoms. The van der Waals surface area contributed by atoms with Gasteiger partial charge in [0.1, 0.15) is 17.8 Å². The van der Waals surface area contributed by atoms with E-state index >= 15 is 0 Å². The minimum absolute atomic E-state index is 0.0360. The van der Waals surface area contributed by atoms with Gasteiger partial charge in [-0.1, -0.05) is 0 Å². The molecule has 5 atom stereocenters.